The first-order valence-corrected chi connectivity index (χ1v) is 11.5. The number of nitrogens with zero attached hydrogens (tertiary/aromatic N) is 3. The Morgan fingerprint density at radius 3 is 2.72 bits per heavy atom. The Kier molecular flexibility index (Phi) is 7.57. The van der Waals surface area contributed by atoms with E-state index in [1.807, 2.05) is 30.3 Å². The molecule has 0 spiro atoms. The van der Waals surface area contributed by atoms with Gasteiger partial charge in [-0.1, -0.05) is 18.2 Å². The van der Waals surface area contributed by atoms with Gasteiger partial charge in [-0.25, -0.2) is 9.97 Å². The molecular weight excluding hydrogens is 458 g/mol. The quantitative estimate of drug-likeness (QED) is 0.146. The molecule has 2 aromatic carbocycles. The van der Waals surface area contributed by atoms with E-state index in [0.717, 1.165) is 22.0 Å². The van der Waals surface area contributed by atoms with Crippen LogP contribution in [0.1, 0.15) is 21.5 Å². The zero-order valence-corrected chi connectivity index (χ0v) is 19.9. The van der Waals surface area contributed by atoms with Crippen molar-refractivity contribution in [1.82, 2.24) is 20.3 Å². The summed E-state index contributed by atoms with van der Waals surface area (Å²) in [7, 11) is 1.74. The summed E-state index contributed by atoms with van der Waals surface area (Å²) in [5, 5.41) is 30.2. The van der Waals surface area contributed by atoms with Crippen molar-refractivity contribution in [3.63, 3.8) is 0 Å². The maximum Gasteiger partial charge on any atom is 0.251 e. The molecular formula is C26H29N7O3. The molecule has 10 heteroatoms. The molecule has 2 aromatic heterocycles. The Labute approximate surface area is 208 Å². The van der Waals surface area contributed by atoms with E-state index >= 15 is 0 Å². The van der Waals surface area contributed by atoms with Crippen molar-refractivity contribution in [2.75, 3.05) is 31.6 Å². The van der Waals surface area contributed by atoms with Crippen molar-refractivity contribution in [3.8, 4) is 11.3 Å². The van der Waals surface area contributed by atoms with Crippen LogP contribution in [0.2, 0.25) is 0 Å². The lowest BCUT2D eigenvalue weighted by Gasteiger charge is -2.19. The molecule has 10 nitrogen and oxygen atoms in total. The Bertz CT molecular complexity index is 1370. The van der Waals surface area contributed by atoms with Gasteiger partial charge in [0.15, 0.2) is 0 Å². The lowest BCUT2D eigenvalue weighted by atomic mass is 10.1. The summed E-state index contributed by atoms with van der Waals surface area (Å²) in [6.07, 6.45) is 3.12. The number of anilines is 1. The number of carbonyl (C=O) groups excluding carboxylic acids is 1. The molecule has 1 amide bonds. The number of amidine groups is 1. The Hall–Kier alpha value is -4.28. The topological polar surface area (TPSA) is 164 Å². The van der Waals surface area contributed by atoms with E-state index in [-0.39, 0.29) is 24.9 Å². The molecule has 0 saturated carbocycles. The number of rotatable bonds is 10. The third-order valence-corrected chi connectivity index (χ3v) is 5.86. The second-order valence-electron chi connectivity index (χ2n) is 8.54. The van der Waals surface area contributed by atoms with Crippen molar-refractivity contribution in [1.29, 1.82) is 5.41 Å². The number of fused-ring (bicyclic) bond motifs is 1. The van der Waals surface area contributed by atoms with Gasteiger partial charge in [0.25, 0.3) is 5.91 Å². The zero-order valence-electron chi connectivity index (χ0n) is 19.9. The van der Waals surface area contributed by atoms with E-state index in [9.17, 15) is 9.90 Å². The van der Waals surface area contributed by atoms with Gasteiger partial charge in [0, 0.05) is 60.1 Å². The lowest BCUT2D eigenvalue weighted by molar-refractivity contribution is 0.0954. The maximum absolute atomic E-state index is 12.6. The molecule has 4 rings (SSSR count). The number of nitrogen functional groups attached to an aromatic ring is 1. The van der Waals surface area contributed by atoms with E-state index < -0.39 is 6.10 Å². The van der Waals surface area contributed by atoms with Crippen LogP contribution in [0.3, 0.4) is 0 Å². The van der Waals surface area contributed by atoms with Crippen LogP contribution >= 0.6 is 0 Å². The third kappa shape index (κ3) is 5.68. The van der Waals surface area contributed by atoms with E-state index in [1.54, 1.807) is 42.5 Å². The predicted octanol–water partition coefficient (Wildman–Crippen LogP) is 1.67. The van der Waals surface area contributed by atoms with Crippen LogP contribution in [0.15, 0.2) is 60.9 Å². The minimum Gasteiger partial charge on any atom is -0.394 e. The Morgan fingerprint density at radius 2 is 2.00 bits per heavy atom. The Morgan fingerprint density at radius 1 is 1.22 bits per heavy atom. The SMILES string of the molecule is CN(CC(O)CO)c1nccc(-c2ccc(C(=O)NCCc3ccc4[nH]cc(C(=N)N)c4c3)cc2)n1. The van der Waals surface area contributed by atoms with Crippen molar-refractivity contribution >= 4 is 28.6 Å². The summed E-state index contributed by atoms with van der Waals surface area (Å²) < 4.78 is 0. The van der Waals surface area contributed by atoms with Crippen molar-refractivity contribution in [2.45, 2.75) is 12.5 Å². The van der Waals surface area contributed by atoms with Gasteiger partial charge in [-0.3, -0.25) is 10.2 Å². The number of carbonyl (C=O) groups is 1. The fourth-order valence-electron chi connectivity index (χ4n) is 3.91. The molecule has 186 valence electrons. The standard InChI is InChI=1S/C26H29N7O3/c1-33(14-19(35)15-34)26-30-11-9-22(32-26)17-3-5-18(6-4-17)25(36)29-10-8-16-2-7-23-20(12-16)21(13-31-23)24(27)28/h2-7,9,11-13,19,31,34-35H,8,10,14-15H2,1H3,(H3,27,28)(H,29,36). The van der Waals surface area contributed by atoms with Gasteiger partial charge in [0.05, 0.1) is 18.4 Å². The molecule has 36 heavy (non-hydrogen) atoms. The first-order chi connectivity index (χ1) is 17.4. The van der Waals surface area contributed by atoms with Crippen LogP contribution in [0.25, 0.3) is 22.2 Å². The van der Waals surface area contributed by atoms with Gasteiger partial charge in [-0.15, -0.1) is 0 Å². The summed E-state index contributed by atoms with van der Waals surface area (Å²) in [5.74, 6) is 0.269. The van der Waals surface area contributed by atoms with Crippen molar-refractivity contribution in [3.05, 3.63) is 77.6 Å². The highest BCUT2D eigenvalue weighted by molar-refractivity contribution is 6.07. The number of hydrogen-bond donors (Lipinski definition) is 6. The highest BCUT2D eigenvalue weighted by atomic mass is 16.3. The van der Waals surface area contributed by atoms with Crippen LogP contribution in [-0.4, -0.2) is 69.8 Å². The molecule has 0 aliphatic heterocycles. The second kappa shape index (κ2) is 11.0. The first kappa shape index (κ1) is 24.8. The number of benzene rings is 2. The normalized spacial score (nSPS) is 11.9. The molecule has 0 aliphatic carbocycles. The summed E-state index contributed by atoms with van der Waals surface area (Å²) in [6, 6.07) is 14.8. The smallest absolute Gasteiger partial charge is 0.251 e. The van der Waals surface area contributed by atoms with Gasteiger partial charge in [0.2, 0.25) is 5.95 Å². The fourth-order valence-corrected chi connectivity index (χ4v) is 3.91. The minimum atomic E-state index is -0.880. The van der Waals surface area contributed by atoms with E-state index in [0.29, 0.717) is 35.7 Å². The first-order valence-electron chi connectivity index (χ1n) is 11.5. The fraction of sp³-hybridized carbons (Fsp3) is 0.231. The largest absolute Gasteiger partial charge is 0.394 e. The highest BCUT2D eigenvalue weighted by Gasteiger charge is 2.12. The number of hydrogen-bond acceptors (Lipinski definition) is 7. The monoisotopic (exact) mass is 487 g/mol. The molecule has 1 atom stereocenters. The molecule has 1 unspecified atom stereocenters. The predicted molar refractivity (Wildman–Crippen MR) is 139 cm³/mol. The van der Waals surface area contributed by atoms with E-state index in [4.69, 9.17) is 16.2 Å². The number of aliphatic hydroxyl groups excluding tert-OH is 2. The van der Waals surface area contributed by atoms with Crippen molar-refractivity contribution < 1.29 is 15.0 Å². The molecule has 2 heterocycles. The van der Waals surface area contributed by atoms with Crippen LogP contribution < -0.4 is 16.0 Å². The number of aliphatic hydroxyl groups is 2. The van der Waals surface area contributed by atoms with Crippen LogP contribution in [0, 0.1) is 5.41 Å². The number of aromatic nitrogens is 3. The van der Waals surface area contributed by atoms with Crippen LogP contribution in [-0.2, 0) is 6.42 Å². The van der Waals surface area contributed by atoms with Gasteiger partial charge >= 0.3 is 0 Å². The highest BCUT2D eigenvalue weighted by Crippen LogP contribution is 2.21. The average molecular weight is 488 g/mol. The number of aromatic amines is 1. The number of nitrogens with one attached hydrogen (secondary N) is 3. The Balaban J connectivity index is 1.36. The van der Waals surface area contributed by atoms with Crippen LogP contribution in [0.4, 0.5) is 5.95 Å². The molecule has 0 aliphatic rings. The average Bonchev–Trinajstić information content (AvgIpc) is 3.32. The van der Waals surface area contributed by atoms with Crippen LogP contribution in [0.5, 0.6) is 0 Å². The van der Waals surface area contributed by atoms with Crippen molar-refractivity contribution in [2.24, 2.45) is 5.73 Å². The maximum atomic E-state index is 12.6. The van der Waals surface area contributed by atoms with Gasteiger partial charge in [0.1, 0.15) is 5.84 Å². The molecule has 7 N–H and O–H groups in total. The molecule has 4 aromatic rings. The van der Waals surface area contributed by atoms with Gasteiger partial charge < -0.3 is 31.1 Å². The second-order valence-corrected chi connectivity index (χ2v) is 8.54. The number of likely N-dealkylation sites (N-methyl/N-ethyl adjacent to an activating group) is 1. The number of amides is 1. The summed E-state index contributed by atoms with van der Waals surface area (Å²) >= 11 is 0. The summed E-state index contributed by atoms with van der Waals surface area (Å²) in [5.41, 5.74) is 10.3. The lowest BCUT2D eigenvalue weighted by Crippen LogP contribution is -2.32. The number of H-pyrrole nitrogens is 1. The van der Waals surface area contributed by atoms with E-state index in [2.05, 4.69) is 20.3 Å². The molecule has 0 fully saturated rings. The number of nitrogens with two attached hydrogens (primary N) is 1. The molecule has 0 bridgehead atoms. The van der Waals surface area contributed by atoms with Gasteiger partial charge in [-0.2, -0.15) is 0 Å². The minimum absolute atomic E-state index is 0.0147. The molecule has 0 saturated heterocycles. The zero-order chi connectivity index (χ0) is 25.7. The third-order valence-electron chi connectivity index (χ3n) is 5.86. The summed E-state index contributed by atoms with van der Waals surface area (Å²) in [4.78, 5) is 26.2. The van der Waals surface area contributed by atoms with E-state index in [1.165, 1.54) is 0 Å². The summed E-state index contributed by atoms with van der Waals surface area (Å²) in [6.45, 7) is 0.333. The molecule has 0 radical (unpaired) electrons. The van der Waals surface area contributed by atoms with Gasteiger partial charge in [-0.05, 0) is 42.3 Å².